The molecule has 1 heterocycles. The van der Waals surface area contributed by atoms with E-state index in [0.717, 1.165) is 22.6 Å². The van der Waals surface area contributed by atoms with Crippen molar-refractivity contribution < 1.29 is 18.7 Å². The fourth-order valence-electron chi connectivity index (χ4n) is 5.13. The number of benzene rings is 3. The molecule has 0 saturated carbocycles. The van der Waals surface area contributed by atoms with Crippen LogP contribution in [-0.4, -0.2) is 11.7 Å². The molecular formula is C30H28FNO3. The molecule has 1 aliphatic carbocycles. The summed E-state index contributed by atoms with van der Waals surface area (Å²) in [7, 11) is 0. The van der Waals surface area contributed by atoms with Crippen LogP contribution in [0.15, 0.2) is 90.1 Å². The lowest BCUT2D eigenvalue weighted by Gasteiger charge is -2.43. The Morgan fingerprint density at radius 1 is 0.914 bits per heavy atom. The molecule has 0 spiro atoms. The lowest BCUT2D eigenvalue weighted by molar-refractivity contribution is -0.121. The molecule has 0 bridgehead atoms. The van der Waals surface area contributed by atoms with Gasteiger partial charge in [-0.3, -0.25) is 14.5 Å². The largest absolute Gasteiger partial charge is 0.489 e. The molecule has 0 fully saturated rings. The zero-order valence-electron chi connectivity index (χ0n) is 20.0. The van der Waals surface area contributed by atoms with Gasteiger partial charge in [-0.25, -0.2) is 4.39 Å². The summed E-state index contributed by atoms with van der Waals surface area (Å²) in [6.45, 7) is 4.56. The first-order chi connectivity index (χ1) is 16.8. The van der Waals surface area contributed by atoms with Gasteiger partial charge in [0.15, 0.2) is 5.78 Å². The van der Waals surface area contributed by atoms with Crippen LogP contribution in [0.5, 0.6) is 5.75 Å². The van der Waals surface area contributed by atoms with Gasteiger partial charge >= 0.3 is 0 Å². The summed E-state index contributed by atoms with van der Waals surface area (Å²) >= 11 is 0. The summed E-state index contributed by atoms with van der Waals surface area (Å²) < 4.78 is 19.5. The number of carbonyl (C=O) groups is 2. The molecule has 1 amide bonds. The summed E-state index contributed by atoms with van der Waals surface area (Å²) in [5.41, 5.74) is 3.78. The Hall–Kier alpha value is -3.73. The molecule has 5 heteroatoms. The van der Waals surface area contributed by atoms with Crippen molar-refractivity contribution in [2.45, 2.75) is 45.6 Å². The normalized spacial score (nSPS) is 19.5. The minimum Gasteiger partial charge on any atom is -0.489 e. The van der Waals surface area contributed by atoms with E-state index in [-0.39, 0.29) is 35.3 Å². The summed E-state index contributed by atoms with van der Waals surface area (Å²) in [4.78, 5) is 28.5. The SMILES string of the molecule is CC1(C)CC(=O)C2=C(C1)N(c1ccc(F)cc1)C(=O)CC2c1ccc(OCc2ccccc2)cc1. The van der Waals surface area contributed by atoms with Gasteiger partial charge in [0.05, 0.1) is 0 Å². The van der Waals surface area contributed by atoms with Crippen molar-refractivity contribution in [3.8, 4) is 5.75 Å². The molecule has 1 unspecified atom stereocenters. The highest BCUT2D eigenvalue weighted by molar-refractivity contribution is 6.07. The number of allylic oxidation sites excluding steroid dienone is 2. The number of ether oxygens (including phenoxy) is 1. The van der Waals surface area contributed by atoms with E-state index in [1.54, 1.807) is 17.0 Å². The van der Waals surface area contributed by atoms with E-state index < -0.39 is 0 Å². The van der Waals surface area contributed by atoms with Crippen LogP contribution in [-0.2, 0) is 16.2 Å². The number of halogens is 1. The number of ketones is 1. The topological polar surface area (TPSA) is 46.6 Å². The highest BCUT2D eigenvalue weighted by Crippen LogP contribution is 2.48. The Morgan fingerprint density at radius 2 is 1.60 bits per heavy atom. The molecule has 2 aliphatic rings. The Kier molecular flexibility index (Phi) is 6.01. The predicted molar refractivity (Wildman–Crippen MR) is 134 cm³/mol. The first-order valence-electron chi connectivity index (χ1n) is 11.9. The highest BCUT2D eigenvalue weighted by atomic mass is 19.1. The molecule has 1 aliphatic heterocycles. The van der Waals surface area contributed by atoms with Crippen LogP contribution < -0.4 is 9.64 Å². The second kappa shape index (κ2) is 9.14. The van der Waals surface area contributed by atoms with Gasteiger partial charge in [0, 0.05) is 35.7 Å². The maximum absolute atomic E-state index is 13.6. The molecule has 3 aromatic carbocycles. The van der Waals surface area contributed by atoms with Crippen molar-refractivity contribution >= 4 is 17.4 Å². The Bertz CT molecular complexity index is 1280. The molecule has 0 saturated heterocycles. The Morgan fingerprint density at radius 3 is 2.29 bits per heavy atom. The van der Waals surface area contributed by atoms with E-state index in [9.17, 15) is 14.0 Å². The second-order valence-electron chi connectivity index (χ2n) is 10.1. The third-order valence-corrected chi connectivity index (χ3v) is 6.76. The van der Waals surface area contributed by atoms with Gasteiger partial charge in [-0.15, -0.1) is 0 Å². The van der Waals surface area contributed by atoms with Crippen molar-refractivity contribution in [2.24, 2.45) is 5.41 Å². The molecular weight excluding hydrogens is 441 g/mol. The van der Waals surface area contributed by atoms with E-state index in [1.165, 1.54) is 12.1 Å². The van der Waals surface area contributed by atoms with Crippen molar-refractivity contribution in [3.05, 3.63) is 107 Å². The second-order valence-corrected chi connectivity index (χ2v) is 10.1. The molecule has 1 atom stereocenters. The van der Waals surface area contributed by atoms with Crippen LogP contribution in [0.2, 0.25) is 0 Å². The number of hydrogen-bond acceptors (Lipinski definition) is 3. The number of anilines is 1. The molecule has 3 aromatic rings. The van der Waals surface area contributed by atoms with Gasteiger partial charge < -0.3 is 4.74 Å². The zero-order chi connectivity index (χ0) is 24.6. The van der Waals surface area contributed by atoms with Crippen LogP contribution in [0.4, 0.5) is 10.1 Å². The smallest absolute Gasteiger partial charge is 0.232 e. The summed E-state index contributed by atoms with van der Waals surface area (Å²) in [6, 6.07) is 23.5. The summed E-state index contributed by atoms with van der Waals surface area (Å²) in [5, 5.41) is 0. The standard InChI is InChI=1S/C30H28FNO3/c1-30(2)17-26-29(27(33)18-30)25(16-28(34)32(26)23-12-10-22(31)11-13-23)21-8-14-24(15-9-21)35-19-20-6-4-3-5-7-20/h3-15,25H,16-19H2,1-2H3. The maximum Gasteiger partial charge on any atom is 0.232 e. The van der Waals surface area contributed by atoms with E-state index in [1.807, 2.05) is 68.4 Å². The summed E-state index contributed by atoms with van der Waals surface area (Å²) in [5.74, 6) is 0.0550. The third kappa shape index (κ3) is 4.76. The first-order valence-corrected chi connectivity index (χ1v) is 11.9. The van der Waals surface area contributed by atoms with Gasteiger partial charge in [-0.1, -0.05) is 56.3 Å². The lowest BCUT2D eigenvalue weighted by atomic mass is 9.69. The third-order valence-electron chi connectivity index (χ3n) is 6.76. The van der Waals surface area contributed by atoms with Crippen molar-refractivity contribution in [3.63, 3.8) is 0 Å². The molecule has 4 nitrogen and oxygen atoms in total. The average molecular weight is 470 g/mol. The van der Waals surface area contributed by atoms with Crippen molar-refractivity contribution in [2.75, 3.05) is 4.90 Å². The van der Waals surface area contributed by atoms with Gasteiger partial charge in [-0.05, 0) is 59.4 Å². The highest BCUT2D eigenvalue weighted by Gasteiger charge is 2.44. The predicted octanol–water partition coefficient (Wildman–Crippen LogP) is 6.57. The first kappa shape index (κ1) is 23.0. The minimum atomic E-state index is -0.361. The molecule has 5 rings (SSSR count). The van der Waals surface area contributed by atoms with Crippen LogP contribution in [0.25, 0.3) is 0 Å². The average Bonchev–Trinajstić information content (AvgIpc) is 2.83. The zero-order valence-corrected chi connectivity index (χ0v) is 20.0. The maximum atomic E-state index is 13.6. The van der Waals surface area contributed by atoms with E-state index >= 15 is 0 Å². The minimum absolute atomic E-state index is 0.0743. The summed E-state index contributed by atoms with van der Waals surface area (Å²) in [6.07, 6.45) is 1.23. The van der Waals surface area contributed by atoms with Gasteiger partial charge in [0.1, 0.15) is 18.2 Å². The lowest BCUT2D eigenvalue weighted by Crippen LogP contribution is -2.43. The molecule has 0 radical (unpaired) electrons. The number of hydrogen-bond donors (Lipinski definition) is 0. The van der Waals surface area contributed by atoms with Crippen LogP contribution in [0.3, 0.4) is 0 Å². The molecule has 0 aromatic heterocycles. The number of rotatable bonds is 5. The number of carbonyl (C=O) groups excluding carboxylic acids is 2. The molecule has 0 N–H and O–H groups in total. The van der Waals surface area contributed by atoms with E-state index in [4.69, 9.17) is 4.74 Å². The Labute approximate surface area is 205 Å². The van der Waals surface area contributed by atoms with Crippen molar-refractivity contribution in [1.82, 2.24) is 0 Å². The van der Waals surface area contributed by atoms with Gasteiger partial charge in [0.25, 0.3) is 0 Å². The number of Topliss-reactive ketones (excluding diaryl/α,β-unsaturated/α-hetero) is 1. The van der Waals surface area contributed by atoms with Crippen molar-refractivity contribution in [1.29, 1.82) is 0 Å². The fraction of sp³-hybridized carbons (Fsp3) is 0.267. The van der Waals surface area contributed by atoms with Gasteiger partial charge in [-0.2, -0.15) is 0 Å². The number of amides is 1. The van der Waals surface area contributed by atoms with Crippen LogP contribution >= 0.6 is 0 Å². The van der Waals surface area contributed by atoms with Crippen LogP contribution in [0.1, 0.15) is 50.2 Å². The van der Waals surface area contributed by atoms with E-state index in [2.05, 4.69) is 0 Å². The monoisotopic (exact) mass is 469 g/mol. The Balaban J connectivity index is 1.47. The molecule has 35 heavy (non-hydrogen) atoms. The van der Waals surface area contributed by atoms with E-state index in [0.29, 0.717) is 30.7 Å². The number of nitrogens with zero attached hydrogens (tertiary/aromatic N) is 1. The quantitative estimate of drug-likeness (QED) is 0.425. The van der Waals surface area contributed by atoms with Crippen LogP contribution in [0, 0.1) is 11.2 Å². The fourth-order valence-corrected chi connectivity index (χ4v) is 5.13. The van der Waals surface area contributed by atoms with Gasteiger partial charge in [0.2, 0.25) is 5.91 Å². The molecule has 178 valence electrons.